The van der Waals surface area contributed by atoms with Gasteiger partial charge in [-0.05, 0) is 25.1 Å². The second kappa shape index (κ2) is 8.09. The minimum absolute atomic E-state index is 0. The number of hydrogen-bond donors (Lipinski definition) is 1. The maximum absolute atomic E-state index is 11.7. The predicted molar refractivity (Wildman–Crippen MR) is 77.4 cm³/mol. The number of ether oxygens (including phenoxy) is 2. The molecule has 1 aromatic carbocycles. The Bertz CT molecular complexity index is 447. The largest absolute Gasteiger partial charge is 0.508 e. The van der Waals surface area contributed by atoms with E-state index in [0.717, 1.165) is 18.7 Å². The highest BCUT2D eigenvalue weighted by Crippen LogP contribution is 2.21. The van der Waals surface area contributed by atoms with Crippen LogP contribution in [0.15, 0.2) is 18.2 Å². The zero-order valence-corrected chi connectivity index (χ0v) is 12.3. The number of carbonyl (C=O) groups excluding carboxylic acids is 1. The topological polar surface area (TPSA) is 59.0 Å². The fraction of sp³-hybridized carbons (Fsp3) is 0.500. The van der Waals surface area contributed by atoms with E-state index in [9.17, 15) is 9.90 Å². The molecule has 0 aliphatic carbocycles. The lowest BCUT2D eigenvalue weighted by Gasteiger charge is -2.26. The first-order valence-corrected chi connectivity index (χ1v) is 6.50. The second-order valence-corrected chi connectivity index (χ2v) is 4.45. The van der Waals surface area contributed by atoms with E-state index in [1.807, 2.05) is 0 Å². The number of rotatable bonds is 4. The average Bonchev–Trinajstić information content (AvgIpc) is 2.42. The molecule has 2 rings (SSSR count). The molecule has 0 amide bonds. The molecular weight excluding hydrogens is 282 g/mol. The highest BCUT2D eigenvalue weighted by molar-refractivity contribution is 5.89. The smallest absolute Gasteiger partial charge is 0.338 e. The first kappa shape index (κ1) is 16.8. The van der Waals surface area contributed by atoms with Gasteiger partial charge in [-0.1, -0.05) is 0 Å². The van der Waals surface area contributed by atoms with Crippen molar-refractivity contribution in [2.45, 2.75) is 13.5 Å². The molecule has 0 aromatic heterocycles. The van der Waals surface area contributed by atoms with Crippen molar-refractivity contribution in [1.82, 2.24) is 4.90 Å². The van der Waals surface area contributed by atoms with E-state index in [4.69, 9.17) is 9.47 Å². The van der Waals surface area contributed by atoms with E-state index in [-0.39, 0.29) is 24.1 Å². The van der Waals surface area contributed by atoms with Gasteiger partial charge in [-0.3, -0.25) is 4.90 Å². The Morgan fingerprint density at radius 1 is 1.40 bits per heavy atom. The molecule has 1 aliphatic rings. The summed E-state index contributed by atoms with van der Waals surface area (Å²) < 4.78 is 10.2. The van der Waals surface area contributed by atoms with Gasteiger partial charge in [-0.15, -0.1) is 12.4 Å². The SMILES string of the molecule is CCOC(=O)c1ccc(O)c(CN2CCOCC2)c1.Cl. The Balaban J connectivity index is 0.00000200. The van der Waals surface area contributed by atoms with Crippen molar-refractivity contribution in [2.24, 2.45) is 0 Å². The molecular formula is C14H20ClNO4. The van der Waals surface area contributed by atoms with E-state index in [2.05, 4.69) is 4.90 Å². The van der Waals surface area contributed by atoms with Crippen molar-refractivity contribution >= 4 is 18.4 Å². The van der Waals surface area contributed by atoms with Crippen LogP contribution in [0, 0.1) is 0 Å². The van der Waals surface area contributed by atoms with Gasteiger partial charge >= 0.3 is 5.97 Å². The minimum Gasteiger partial charge on any atom is -0.508 e. The summed E-state index contributed by atoms with van der Waals surface area (Å²) in [6, 6.07) is 4.82. The van der Waals surface area contributed by atoms with Crippen LogP contribution in [-0.2, 0) is 16.0 Å². The van der Waals surface area contributed by atoms with Crippen LogP contribution in [0.4, 0.5) is 0 Å². The monoisotopic (exact) mass is 301 g/mol. The number of phenols is 1. The summed E-state index contributed by atoms with van der Waals surface area (Å²) >= 11 is 0. The summed E-state index contributed by atoms with van der Waals surface area (Å²) in [5.41, 5.74) is 1.22. The molecule has 5 nitrogen and oxygen atoms in total. The quantitative estimate of drug-likeness (QED) is 0.860. The van der Waals surface area contributed by atoms with E-state index in [1.54, 1.807) is 25.1 Å². The van der Waals surface area contributed by atoms with Crippen LogP contribution in [0.5, 0.6) is 5.75 Å². The maximum Gasteiger partial charge on any atom is 0.338 e. The third-order valence-corrected chi connectivity index (χ3v) is 3.09. The van der Waals surface area contributed by atoms with Crippen molar-refractivity contribution < 1.29 is 19.4 Å². The lowest BCUT2D eigenvalue weighted by atomic mass is 10.1. The summed E-state index contributed by atoms with van der Waals surface area (Å²) in [5, 5.41) is 9.87. The van der Waals surface area contributed by atoms with Crippen LogP contribution >= 0.6 is 12.4 Å². The predicted octanol–water partition coefficient (Wildman–Crippen LogP) is 1.82. The summed E-state index contributed by atoms with van der Waals surface area (Å²) in [4.78, 5) is 13.9. The standard InChI is InChI=1S/C14H19NO4.ClH/c1-2-19-14(17)11-3-4-13(16)12(9-11)10-15-5-7-18-8-6-15;/h3-4,9,16H,2,5-8,10H2,1H3;1H. The fourth-order valence-electron chi connectivity index (χ4n) is 2.05. The van der Waals surface area contributed by atoms with E-state index in [0.29, 0.717) is 31.9 Å². The van der Waals surface area contributed by atoms with Gasteiger partial charge in [0.05, 0.1) is 25.4 Å². The molecule has 0 atom stereocenters. The molecule has 1 N–H and O–H groups in total. The number of esters is 1. The molecule has 0 radical (unpaired) electrons. The van der Waals surface area contributed by atoms with Crippen molar-refractivity contribution in [3.8, 4) is 5.75 Å². The van der Waals surface area contributed by atoms with Gasteiger partial charge in [0, 0.05) is 25.2 Å². The summed E-state index contributed by atoms with van der Waals surface area (Å²) in [7, 11) is 0. The van der Waals surface area contributed by atoms with E-state index in [1.165, 1.54) is 0 Å². The van der Waals surface area contributed by atoms with Gasteiger partial charge < -0.3 is 14.6 Å². The molecule has 6 heteroatoms. The number of hydrogen-bond acceptors (Lipinski definition) is 5. The average molecular weight is 302 g/mol. The van der Waals surface area contributed by atoms with Gasteiger partial charge in [0.25, 0.3) is 0 Å². The zero-order valence-electron chi connectivity index (χ0n) is 11.5. The Morgan fingerprint density at radius 3 is 2.75 bits per heavy atom. The van der Waals surface area contributed by atoms with Crippen molar-refractivity contribution in [1.29, 1.82) is 0 Å². The van der Waals surface area contributed by atoms with Crippen molar-refractivity contribution in [3.05, 3.63) is 29.3 Å². The Morgan fingerprint density at radius 2 is 2.10 bits per heavy atom. The third-order valence-electron chi connectivity index (χ3n) is 3.09. The van der Waals surface area contributed by atoms with Crippen LogP contribution < -0.4 is 0 Å². The number of halogens is 1. The van der Waals surface area contributed by atoms with Crippen LogP contribution in [0.2, 0.25) is 0 Å². The van der Waals surface area contributed by atoms with Crippen LogP contribution in [0.3, 0.4) is 0 Å². The number of phenolic OH excluding ortho intramolecular Hbond substituents is 1. The molecule has 20 heavy (non-hydrogen) atoms. The summed E-state index contributed by atoms with van der Waals surface area (Å²) in [6.45, 7) is 5.82. The molecule has 1 aromatic rings. The first-order chi connectivity index (χ1) is 9.20. The van der Waals surface area contributed by atoms with Gasteiger partial charge in [0.15, 0.2) is 0 Å². The molecule has 0 bridgehead atoms. The maximum atomic E-state index is 11.7. The van der Waals surface area contributed by atoms with Gasteiger partial charge in [0.2, 0.25) is 0 Å². The Kier molecular flexibility index (Phi) is 6.78. The van der Waals surface area contributed by atoms with Gasteiger partial charge in [-0.2, -0.15) is 0 Å². The first-order valence-electron chi connectivity index (χ1n) is 6.50. The normalized spacial score (nSPS) is 15.4. The third kappa shape index (κ3) is 4.37. The lowest BCUT2D eigenvalue weighted by molar-refractivity contribution is 0.0338. The van der Waals surface area contributed by atoms with E-state index < -0.39 is 0 Å². The summed E-state index contributed by atoms with van der Waals surface area (Å²) in [5.74, 6) is -0.148. The minimum atomic E-state index is -0.356. The molecule has 112 valence electrons. The number of nitrogens with zero attached hydrogens (tertiary/aromatic N) is 1. The molecule has 1 fully saturated rings. The number of carbonyl (C=O) groups is 1. The molecule has 1 saturated heterocycles. The highest BCUT2D eigenvalue weighted by Gasteiger charge is 2.15. The summed E-state index contributed by atoms with van der Waals surface area (Å²) in [6.07, 6.45) is 0. The van der Waals surface area contributed by atoms with Crippen molar-refractivity contribution in [2.75, 3.05) is 32.9 Å². The molecule has 1 heterocycles. The Hall–Kier alpha value is -1.30. The van der Waals surface area contributed by atoms with Crippen LogP contribution in [-0.4, -0.2) is 48.9 Å². The molecule has 0 unspecified atom stereocenters. The highest BCUT2D eigenvalue weighted by atomic mass is 35.5. The van der Waals surface area contributed by atoms with Crippen LogP contribution in [0.1, 0.15) is 22.8 Å². The molecule has 1 aliphatic heterocycles. The number of benzene rings is 1. The second-order valence-electron chi connectivity index (χ2n) is 4.45. The lowest BCUT2D eigenvalue weighted by Crippen LogP contribution is -2.35. The van der Waals surface area contributed by atoms with Gasteiger partial charge in [0.1, 0.15) is 5.75 Å². The van der Waals surface area contributed by atoms with E-state index >= 15 is 0 Å². The molecule has 0 saturated carbocycles. The van der Waals surface area contributed by atoms with Crippen LogP contribution in [0.25, 0.3) is 0 Å². The fourth-order valence-corrected chi connectivity index (χ4v) is 2.05. The number of aromatic hydroxyl groups is 1. The Labute approximate surface area is 124 Å². The number of morpholine rings is 1. The van der Waals surface area contributed by atoms with Gasteiger partial charge in [-0.25, -0.2) is 4.79 Å². The zero-order chi connectivity index (χ0) is 13.7. The molecule has 0 spiro atoms. The van der Waals surface area contributed by atoms with Crippen molar-refractivity contribution in [3.63, 3.8) is 0 Å².